The number of carbonyl (C=O) groups is 1. The molecule has 2 rings (SSSR count). The second kappa shape index (κ2) is 5.86. The van der Waals surface area contributed by atoms with Crippen LogP contribution >= 0.6 is 0 Å². The van der Waals surface area contributed by atoms with Crippen molar-refractivity contribution >= 4 is 16.0 Å². The SMILES string of the molecule is O=C(O)c1ccc(S(=O)(=O)N2CCC(CCO)C2)nc1. The van der Waals surface area contributed by atoms with Crippen LogP contribution in [0.5, 0.6) is 0 Å². The van der Waals surface area contributed by atoms with Gasteiger partial charge in [-0.25, -0.2) is 18.2 Å². The third kappa shape index (κ3) is 2.97. The Morgan fingerprint density at radius 2 is 2.20 bits per heavy atom. The van der Waals surface area contributed by atoms with E-state index < -0.39 is 16.0 Å². The van der Waals surface area contributed by atoms with E-state index in [9.17, 15) is 13.2 Å². The molecule has 0 saturated carbocycles. The van der Waals surface area contributed by atoms with Crippen molar-refractivity contribution in [3.8, 4) is 0 Å². The summed E-state index contributed by atoms with van der Waals surface area (Å²) in [4.78, 5) is 14.4. The van der Waals surface area contributed by atoms with Crippen LogP contribution in [0.3, 0.4) is 0 Å². The van der Waals surface area contributed by atoms with Crippen LogP contribution in [-0.4, -0.2) is 53.6 Å². The van der Waals surface area contributed by atoms with Gasteiger partial charge in [-0.1, -0.05) is 0 Å². The summed E-state index contributed by atoms with van der Waals surface area (Å²) in [6.07, 6.45) is 2.33. The number of carboxylic acids is 1. The molecule has 2 N–H and O–H groups in total. The maximum atomic E-state index is 12.3. The Morgan fingerprint density at radius 3 is 2.75 bits per heavy atom. The van der Waals surface area contributed by atoms with Crippen molar-refractivity contribution in [1.29, 1.82) is 0 Å². The zero-order valence-electron chi connectivity index (χ0n) is 10.8. The summed E-state index contributed by atoms with van der Waals surface area (Å²) >= 11 is 0. The lowest BCUT2D eigenvalue weighted by molar-refractivity contribution is 0.0696. The van der Waals surface area contributed by atoms with Gasteiger partial charge in [-0.3, -0.25) is 0 Å². The predicted octanol–water partition coefficient (Wildman–Crippen LogP) is 0.173. The molecule has 1 aromatic rings. The number of hydrogen-bond donors (Lipinski definition) is 2. The summed E-state index contributed by atoms with van der Waals surface area (Å²) in [6, 6.07) is 2.43. The molecule has 1 fully saturated rings. The first-order valence-corrected chi connectivity index (χ1v) is 7.69. The number of pyridine rings is 1. The van der Waals surface area contributed by atoms with Gasteiger partial charge < -0.3 is 10.2 Å². The molecule has 0 spiro atoms. The van der Waals surface area contributed by atoms with Gasteiger partial charge >= 0.3 is 5.97 Å². The van der Waals surface area contributed by atoms with Crippen molar-refractivity contribution in [2.24, 2.45) is 5.92 Å². The van der Waals surface area contributed by atoms with Gasteiger partial charge in [0.05, 0.1) is 5.56 Å². The normalized spacial score (nSPS) is 20.1. The van der Waals surface area contributed by atoms with E-state index in [4.69, 9.17) is 10.2 Å². The highest BCUT2D eigenvalue weighted by Gasteiger charge is 2.33. The largest absolute Gasteiger partial charge is 0.478 e. The molecule has 0 bridgehead atoms. The van der Waals surface area contributed by atoms with E-state index >= 15 is 0 Å². The molecule has 110 valence electrons. The Balaban J connectivity index is 2.16. The van der Waals surface area contributed by atoms with Gasteiger partial charge in [-0.15, -0.1) is 0 Å². The lowest BCUT2D eigenvalue weighted by Crippen LogP contribution is -2.29. The fraction of sp³-hybridized carbons (Fsp3) is 0.500. The zero-order chi connectivity index (χ0) is 14.8. The highest BCUT2D eigenvalue weighted by atomic mass is 32.2. The Hall–Kier alpha value is -1.51. The minimum Gasteiger partial charge on any atom is -0.478 e. The Morgan fingerprint density at radius 1 is 1.45 bits per heavy atom. The van der Waals surface area contributed by atoms with Crippen LogP contribution in [0.1, 0.15) is 23.2 Å². The molecular formula is C12H16N2O5S. The van der Waals surface area contributed by atoms with E-state index in [1.54, 1.807) is 0 Å². The van der Waals surface area contributed by atoms with E-state index in [0.29, 0.717) is 25.9 Å². The van der Waals surface area contributed by atoms with Crippen molar-refractivity contribution in [3.63, 3.8) is 0 Å². The van der Waals surface area contributed by atoms with Crippen LogP contribution in [0.15, 0.2) is 23.4 Å². The van der Waals surface area contributed by atoms with Crippen molar-refractivity contribution in [2.75, 3.05) is 19.7 Å². The monoisotopic (exact) mass is 300 g/mol. The molecule has 2 heterocycles. The Labute approximate surface area is 116 Å². The van der Waals surface area contributed by atoms with E-state index in [1.165, 1.54) is 16.4 Å². The van der Waals surface area contributed by atoms with Crippen LogP contribution in [-0.2, 0) is 10.0 Å². The summed E-state index contributed by atoms with van der Waals surface area (Å²) in [7, 11) is -3.68. The first-order valence-electron chi connectivity index (χ1n) is 6.25. The number of carboxylic acid groups (broad SMARTS) is 1. The first-order chi connectivity index (χ1) is 9.45. The molecule has 0 amide bonds. The van der Waals surface area contributed by atoms with Gasteiger partial charge in [0.2, 0.25) is 0 Å². The van der Waals surface area contributed by atoms with Gasteiger partial charge in [0.1, 0.15) is 0 Å². The standard InChI is InChI=1S/C12H16N2O5S/c15-6-4-9-3-5-14(8-9)20(18,19)11-2-1-10(7-13-11)12(16)17/h1-2,7,9,15H,3-6,8H2,(H,16,17). The number of aliphatic hydroxyl groups is 1. The first kappa shape index (κ1) is 14.9. The number of sulfonamides is 1. The van der Waals surface area contributed by atoms with Crippen molar-refractivity contribution in [2.45, 2.75) is 17.9 Å². The van der Waals surface area contributed by atoms with Gasteiger partial charge in [0.25, 0.3) is 10.0 Å². The molecule has 0 aliphatic carbocycles. The molecule has 1 unspecified atom stereocenters. The van der Waals surface area contributed by atoms with Crippen molar-refractivity contribution in [1.82, 2.24) is 9.29 Å². The maximum Gasteiger partial charge on any atom is 0.337 e. The average Bonchev–Trinajstić information content (AvgIpc) is 2.88. The predicted molar refractivity (Wildman–Crippen MR) is 69.8 cm³/mol. The minimum atomic E-state index is -3.68. The van der Waals surface area contributed by atoms with Crippen LogP contribution in [0.2, 0.25) is 0 Å². The molecule has 1 saturated heterocycles. The fourth-order valence-corrected chi connectivity index (χ4v) is 3.67. The summed E-state index contributed by atoms with van der Waals surface area (Å²) in [5.74, 6) is -0.987. The third-order valence-corrected chi connectivity index (χ3v) is 5.15. The number of nitrogens with zero attached hydrogens (tertiary/aromatic N) is 2. The number of aromatic carboxylic acids is 1. The van der Waals surface area contributed by atoms with Crippen LogP contribution < -0.4 is 0 Å². The molecule has 20 heavy (non-hydrogen) atoms. The van der Waals surface area contributed by atoms with Crippen molar-refractivity contribution in [3.05, 3.63) is 23.9 Å². The molecule has 1 atom stereocenters. The summed E-state index contributed by atoms with van der Waals surface area (Å²) < 4.78 is 26.0. The van der Waals surface area contributed by atoms with E-state index in [0.717, 1.165) is 6.20 Å². The maximum absolute atomic E-state index is 12.3. The fourth-order valence-electron chi connectivity index (χ4n) is 2.23. The average molecular weight is 300 g/mol. The minimum absolute atomic E-state index is 0.0457. The summed E-state index contributed by atoms with van der Waals surface area (Å²) in [5, 5.41) is 17.5. The van der Waals surface area contributed by atoms with E-state index in [2.05, 4.69) is 4.98 Å². The second-order valence-corrected chi connectivity index (χ2v) is 6.61. The molecule has 0 radical (unpaired) electrons. The molecular weight excluding hydrogens is 284 g/mol. The number of aliphatic hydroxyl groups excluding tert-OH is 1. The van der Waals surface area contributed by atoms with Crippen molar-refractivity contribution < 1.29 is 23.4 Å². The highest BCUT2D eigenvalue weighted by molar-refractivity contribution is 7.89. The molecule has 0 aromatic carbocycles. The number of rotatable bonds is 5. The highest BCUT2D eigenvalue weighted by Crippen LogP contribution is 2.25. The van der Waals surface area contributed by atoms with Gasteiger partial charge in [-0.2, -0.15) is 4.31 Å². The molecule has 7 nitrogen and oxygen atoms in total. The quantitative estimate of drug-likeness (QED) is 0.802. The second-order valence-electron chi connectivity index (χ2n) is 4.72. The van der Waals surface area contributed by atoms with Gasteiger partial charge in [0.15, 0.2) is 5.03 Å². The third-order valence-electron chi connectivity index (χ3n) is 3.37. The zero-order valence-corrected chi connectivity index (χ0v) is 11.6. The topological polar surface area (TPSA) is 108 Å². The number of hydrogen-bond acceptors (Lipinski definition) is 5. The van der Waals surface area contributed by atoms with E-state index in [1.807, 2.05) is 0 Å². The Kier molecular flexibility index (Phi) is 4.36. The molecule has 1 aromatic heterocycles. The molecule has 1 aliphatic rings. The van der Waals surface area contributed by atoms with Crippen LogP contribution in [0, 0.1) is 5.92 Å². The lowest BCUT2D eigenvalue weighted by Gasteiger charge is -2.15. The lowest BCUT2D eigenvalue weighted by atomic mass is 10.1. The number of aromatic nitrogens is 1. The summed E-state index contributed by atoms with van der Waals surface area (Å²) in [6.45, 7) is 0.810. The van der Waals surface area contributed by atoms with Gasteiger partial charge in [0, 0.05) is 25.9 Å². The Bertz CT molecular complexity index is 584. The van der Waals surface area contributed by atoms with Crippen LogP contribution in [0.4, 0.5) is 0 Å². The smallest absolute Gasteiger partial charge is 0.337 e. The molecule has 8 heteroatoms. The van der Waals surface area contributed by atoms with Crippen LogP contribution in [0.25, 0.3) is 0 Å². The summed E-state index contributed by atoms with van der Waals surface area (Å²) in [5.41, 5.74) is -0.0523. The van der Waals surface area contributed by atoms with E-state index in [-0.39, 0.29) is 23.1 Å². The van der Waals surface area contributed by atoms with Gasteiger partial charge in [-0.05, 0) is 30.9 Å². The molecule has 1 aliphatic heterocycles.